The average Bonchev–Trinajstić information content (AvgIpc) is 3.33. The van der Waals surface area contributed by atoms with Crippen molar-refractivity contribution in [1.82, 2.24) is 24.6 Å². The number of hydrogen-bond acceptors (Lipinski definition) is 10. The number of aromatic nitrogens is 4. The molecule has 2 N–H and O–H groups in total. The Hall–Kier alpha value is -5.07. The number of nitrogen functional groups attached to an aromatic ring is 1. The highest BCUT2D eigenvalue weighted by molar-refractivity contribution is 5.98. The third kappa shape index (κ3) is 7.03. The molecule has 0 saturated carbocycles. The number of nitrogens with two attached hydrogens (primary N) is 1. The molecule has 234 valence electrons. The Morgan fingerprint density at radius 3 is 2.53 bits per heavy atom. The van der Waals surface area contributed by atoms with E-state index < -0.39 is 11.4 Å². The quantitative estimate of drug-likeness (QED) is 0.279. The Kier molecular flexibility index (Phi) is 8.09. The zero-order chi connectivity index (χ0) is 31.7. The van der Waals surface area contributed by atoms with Crippen LogP contribution in [0.1, 0.15) is 27.7 Å². The van der Waals surface area contributed by atoms with Gasteiger partial charge in [0, 0.05) is 61.4 Å². The van der Waals surface area contributed by atoms with Crippen LogP contribution in [0.25, 0.3) is 22.3 Å². The third-order valence-corrected chi connectivity index (χ3v) is 7.30. The second kappa shape index (κ2) is 12.1. The lowest BCUT2D eigenvalue weighted by Gasteiger charge is -2.39. The fraction of sp³-hybridized carbons (Fsp3) is 0.375. The maximum Gasteiger partial charge on any atom is 0.410 e. The van der Waals surface area contributed by atoms with Gasteiger partial charge in [-0.25, -0.2) is 28.8 Å². The number of ether oxygens (including phenoxy) is 3. The second-order valence-corrected chi connectivity index (χ2v) is 12.2. The lowest BCUT2D eigenvalue weighted by molar-refractivity contribution is -0.00366. The molecule has 1 fully saturated rings. The molecule has 0 spiro atoms. The average molecular weight is 615 g/mol. The summed E-state index contributed by atoms with van der Waals surface area (Å²) in [6, 6.07) is 11.5. The molecule has 6 rings (SSSR count). The molecule has 45 heavy (non-hydrogen) atoms. The molecule has 0 radical (unpaired) electrons. The molecule has 4 heterocycles. The van der Waals surface area contributed by atoms with E-state index >= 15 is 0 Å². The van der Waals surface area contributed by atoms with Crippen LogP contribution in [0.5, 0.6) is 17.2 Å². The Balaban J connectivity index is 1.14. The minimum absolute atomic E-state index is 0.0218. The van der Waals surface area contributed by atoms with E-state index in [1.54, 1.807) is 29.3 Å². The van der Waals surface area contributed by atoms with Crippen molar-refractivity contribution in [2.45, 2.75) is 39.8 Å². The number of fused-ring (bicyclic) bond motifs is 1. The number of halogens is 1. The van der Waals surface area contributed by atoms with Crippen LogP contribution in [0.3, 0.4) is 0 Å². The number of carbonyl (C=O) groups excluding carboxylic acids is 1. The number of rotatable bonds is 8. The van der Waals surface area contributed by atoms with Crippen LogP contribution in [-0.4, -0.2) is 74.6 Å². The molecule has 13 heteroatoms. The number of carbonyl (C=O) groups is 1. The number of anilines is 1. The molecular weight excluding hydrogens is 579 g/mol. The molecule has 1 amide bonds. The summed E-state index contributed by atoms with van der Waals surface area (Å²) in [6.45, 7) is 9.98. The van der Waals surface area contributed by atoms with E-state index in [1.807, 2.05) is 44.5 Å². The van der Waals surface area contributed by atoms with Crippen molar-refractivity contribution >= 4 is 35.0 Å². The smallest absolute Gasteiger partial charge is 0.410 e. The molecule has 2 aliphatic heterocycles. The molecule has 1 saturated heterocycles. The monoisotopic (exact) mass is 614 g/mol. The van der Waals surface area contributed by atoms with E-state index in [9.17, 15) is 9.18 Å². The molecule has 1 atom stereocenters. The van der Waals surface area contributed by atoms with Crippen LogP contribution in [-0.2, 0) is 11.3 Å². The van der Waals surface area contributed by atoms with E-state index in [-0.39, 0.29) is 17.9 Å². The summed E-state index contributed by atoms with van der Waals surface area (Å²) in [7, 11) is 0. The third-order valence-electron chi connectivity index (χ3n) is 7.30. The van der Waals surface area contributed by atoms with Crippen molar-refractivity contribution in [2.24, 2.45) is 21.8 Å². The van der Waals surface area contributed by atoms with Gasteiger partial charge in [-0.2, -0.15) is 5.10 Å². The standard InChI is InChI=1S/C32H35FN8O4/c1-19-35-12-20(13-36-19)17-43-25-9-23(33)10-26(11-25)44-24-7-5-22(6-8-24)28-27-29(34)37-18-38-30(27)41(39-28)16-21-14-40(15-21)31(42)45-32(2,3)4/h5-12,18,20-21H,13-17H2,1-4H3,(H2,34,37,38). The van der Waals surface area contributed by atoms with E-state index in [2.05, 4.69) is 20.0 Å². The first-order chi connectivity index (χ1) is 21.5. The first kappa shape index (κ1) is 30.0. The molecule has 4 aromatic rings. The fourth-order valence-corrected chi connectivity index (χ4v) is 5.11. The minimum Gasteiger partial charge on any atom is -0.493 e. The number of amidine groups is 1. The van der Waals surface area contributed by atoms with Gasteiger partial charge >= 0.3 is 6.09 Å². The van der Waals surface area contributed by atoms with Crippen molar-refractivity contribution in [2.75, 3.05) is 32.0 Å². The van der Waals surface area contributed by atoms with Gasteiger partial charge in [0.15, 0.2) is 5.65 Å². The topological polar surface area (TPSA) is 142 Å². The number of amides is 1. The minimum atomic E-state index is -0.543. The Labute approximate surface area is 259 Å². The van der Waals surface area contributed by atoms with Gasteiger partial charge in [-0.1, -0.05) is 0 Å². The summed E-state index contributed by atoms with van der Waals surface area (Å²) >= 11 is 0. The summed E-state index contributed by atoms with van der Waals surface area (Å²) in [5.41, 5.74) is 7.77. The predicted octanol–water partition coefficient (Wildman–Crippen LogP) is 5.37. The maximum atomic E-state index is 14.4. The molecule has 2 aliphatic rings. The van der Waals surface area contributed by atoms with Crippen LogP contribution >= 0.6 is 0 Å². The van der Waals surface area contributed by atoms with Crippen LogP contribution in [0.15, 0.2) is 58.8 Å². The number of likely N-dealkylation sites (tertiary alicyclic amines) is 1. The van der Waals surface area contributed by atoms with Crippen molar-refractivity contribution in [3.05, 3.63) is 54.6 Å². The normalized spacial score (nSPS) is 16.8. The summed E-state index contributed by atoms with van der Waals surface area (Å²) in [6.07, 6.45) is 2.90. The van der Waals surface area contributed by atoms with Crippen molar-refractivity contribution in [1.29, 1.82) is 0 Å². The Bertz CT molecular complexity index is 1770. The lowest BCUT2D eigenvalue weighted by Crippen LogP contribution is -2.52. The van der Waals surface area contributed by atoms with Gasteiger partial charge in [-0.3, -0.25) is 4.99 Å². The molecule has 2 aromatic carbocycles. The molecule has 1 unspecified atom stereocenters. The van der Waals surface area contributed by atoms with Crippen molar-refractivity contribution in [3.63, 3.8) is 0 Å². The molecule has 0 bridgehead atoms. The number of aliphatic imine (C=N–C) groups is 2. The molecule has 0 aliphatic carbocycles. The van der Waals surface area contributed by atoms with Crippen molar-refractivity contribution in [3.8, 4) is 28.5 Å². The largest absolute Gasteiger partial charge is 0.493 e. The first-order valence-electron chi connectivity index (χ1n) is 14.7. The number of benzene rings is 2. The van der Waals surface area contributed by atoms with Gasteiger partial charge in [-0.05, 0) is 52.0 Å². The van der Waals surface area contributed by atoms with Crippen LogP contribution < -0.4 is 15.2 Å². The Morgan fingerprint density at radius 1 is 1.07 bits per heavy atom. The zero-order valence-electron chi connectivity index (χ0n) is 25.6. The number of nitrogens with zero attached hydrogens (tertiary/aromatic N) is 7. The highest BCUT2D eigenvalue weighted by Crippen LogP contribution is 2.34. The highest BCUT2D eigenvalue weighted by Gasteiger charge is 2.34. The van der Waals surface area contributed by atoms with Gasteiger partial charge in [-0.15, -0.1) is 0 Å². The fourth-order valence-electron chi connectivity index (χ4n) is 5.11. The molecular formula is C32H35FN8O4. The van der Waals surface area contributed by atoms with Gasteiger partial charge in [0.25, 0.3) is 0 Å². The molecule has 2 aromatic heterocycles. The highest BCUT2D eigenvalue weighted by atomic mass is 19.1. The summed E-state index contributed by atoms with van der Waals surface area (Å²) in [5, 5.41) is 5.49. The summed E-state index contributed by atoms with van der Waals surface area (Å²) in [5.74, 6) is 1.95. The zero-order valence-corrected chi connectivity index (χ0v) is 25.6. The van der Waals surface area contributed by atoms with E-state index in [0.717, 1.165) is 11.4 Å². The van der Waals surface area contributed by atoms with Crippen LogP contribution in [0.2, 0.25) is 0 Å². The van der Waals surface area contributed by atoms with Crippen LogP contribution in [0, 0.1) is 17.7 Å². The predicted molar refractivity (Wildman–Crippen MR) is 168 cm³/mol. The lowest BCUT2D eigenvalue weighted by atomic mass is 10.0. The number of hydrogen-bond donors (Lipinski definition) is 1. The SMILES string of the molecule is CC1=NCC(COc2cc(F)cc(Oc3ccc(-c4nn(CC5CN(C(=O)OC(C)(C)C)C5)c5ncnc(N)c45)cc3)c2)C=N1. The Morgan fingerprint density at radius 2 is 1.82 bits per heavy atom. The maximum absolute atomic E-state index is 14.4. The van der Waals surface area contributed by atoms with Crippen LogP contribution in [0.4, 0.5) is 15.0 Å². The summed E-state index contributed by atoms with van der Waals surface area (Å²) < 4.78 is 33.4. The van der Waals surface area contributed by atoms with E-state index in [1.165, 1.54) is 18.5 Å². The van der Waals surface area contributed by atoms with Gasteiger partial charge in [0.2, 0.25) is 0 Å². The van der Waals surface area contributed by atoms with Gasteiger partial charge in [0.1, 0.15) is 52.3 Å². The second-order valence-electron chi connectivity index (χ2n) is 12.2. The van der Waals surface area contributed by atoms with E-state index in [4.69, 9.17) is 25.0 Å². The van der Waals surface area contributed by atoms with Crippen molar-refractivity contribution < 1.29 is 23.4 Å². The van der Waals surface area contributed by atoms with Gasteiger partial charge in [0.05, 0.1) is 18.5 Å². The summed E-state index contributed by atoms with van der Waals surface area (Å²) in [4.78, 5) is 31.2. The van der Waals surface area contributed by atoms with Gasteiger partial charge < -0.3 is 24.8 Å². The van der Waals surface area contributed by atoms with E-state index in [0.29, 0.717) is 72.6 Å². The molecule has 12 nitrogen and oxygen atoms in total. The first-order valence-corrected chi connectivity index (χ1v) is 14.7.